The average Bonchev–Trinajstić information content (AvgIpc) is 3.01. The highest BCUT2D eigenvalue weighted by Gasteiger charge is 2.90. The van der Waals surface area contributed by atoms with Crippen LogP contribution in [0.1, 0.15) is 27.7 Å². The highest BCUT2D eigenvalue weighted by atomic mass is 16.6. The Labute approximate surface area is 123 Å². The van der Waals surface area contributed by atoms with E-state index in [0.29, 0.717) is 0 Å². The lowest BCUT2D eigenvalue weighted by molar-refractivity contribution is -0.170. The summed E-state index contributed by atoms with van der Waals surface area (Å²) < 4.78 is 14.7. The number of nitrogens with zero attached hydrogens (tertiary/aromatic N) is 1. The largest absolute Gasteiger partial charge is 0.465 e. The zero-order valence-corrected chi connectivity index (χ0v) is 12.6. The molecule has 0 heterocycles. The number of esters is 3. The summed E-state index contributed by atoms with van der Waals surface area (Å²) >= 11 is 0. The molecule has 0 aliphatic heterocycles. The smallest absolute Gasteiger partial charge is 0.328 e. The van der Waals surface area contributed by atoms with Crippen LogP contribution in [0.3, 0.4) is 0 Å². The molecule has 7 nitrogen and oxygen atoms in total. The molecule has 21 heavy (non-hydrogen) atoms. The van der Waals surface area contributed by atoms with Crippen LogP contribution < -0.4 is 0 Å². The average molecular weight is 297 g/mol. The molecule has 1 rings (SSSR count). The molecular weight excluding hydrogens is 278 g/mol. The second kappa shape index (κ2) is 6.12. The van der Waals surface area contributed by atoms with Gasteiger partial charge < -0.3 is 14.2 Å². The normalized spacial score (nSPS) is 25.4. The number of carbonyl (C=O) groups excluding carboxylic acids is 3. The molecule has 1 aliphatic carbocycles. The molecule has 0 bridgehead atoms. The molecule has 0 amide bonds. The van der Waals surface area contributed by atoms with Gasteiger partial charge in [0.2, 0.25) is 0 Å². The molecule has 0 N–H and O–H groups in total. The third-order valence-electron chi connectivity index (χ3n) is 3.81. The fraction of sp³-hybridized carbons (Fsp3) is 0.714. The molecule has 0 radical (unpaired) electrons. The predicted molar refractivity (Wildman–Crippen MR) is 69.5 cm³/mol. The van der Waals surface area contributed by atoms with E-state index < -0.39 is 34.7 Å². The van der Waals surface area contributed by atoms with Gasteiger partial charge in [-0.2, -0.15) is 5.26 Å². The Morgan fingerprint density at radius 1 is 0.952 bits per heavy atom. The number of hydrogen-bond acceptors (Lipinski definition) is 7. The second-order valence-electron chi connectivity index (χ2n) is 4.61. The number of hydrogen-bond donors (Lipinski definition) is 0. The van der Waals surface area contributed by atoms with E-state index in [0.717, 1.165) is 0 Å². The van der Waals surface area contributed by atoms with Crippen LogP contribution in [-0.4, -0.2) is 37.7 Å². The fourth-order valence-corrected chi connectivity index (χ4v) is 2.72. The summed E-state index contributed by atoms with van der Waals surface area (Å²) in [6, 6.07) is 1.78. The van der Waals surface area contributed by atoms with Crippen molar-refractivity contribution in [2.75, 3.05) is 19.8 Å². The number of rotatable bonds is 6. The third kappa shape index (κ3) is 2.06. The molecule has 0 aromatic heterocycles. The van der Waals surface area contributed by atoms with Crippen molar-refractivity contribution in [1.82, 2.24) is 0 Å². The van der Waals surface area contributed by atoms with Crippen LogP contribution in [0.2, 0.25) is 0 Å². The molecule has 0 spiro atoms. The minimum atomic E-state index is -1.94. The lowest BCUT2D eigenvalue weighted by atomic mass is 9.93. The molecule has 0 saturated heterocycles. The van der Waals surface area contributed by atoms with Crippen molar-refractivity contribution in [2.24, 2.45) is 16.7 Å². The zero-order valence-electron chi connectivity index (χ0n) is 12.6. The van der Waals surface area contributed by atoms with Crippen molar-refractivity contribution < 1.29 is 28.6 Å². The Morgan fingerprint density at radius 2 is 1.33 bits per heavy atom. The first-order chi connectivity index (χ1) is 9.91. The standard InChI is InChI=1S/C14H19NO6/c1-5-19-10(16)13(8-15)9(4)14(13,11(17)20-6-2)12(18)21-7-3/h9H,5-7H2,1-4H3. The summed E-state index contributed by atoms with van der Waals surface area (Å²) in [6.45, 7) is 6.27. The van der Waals surface area contributed by atoms with Crippen LogP contribution in [0.15, 0.2) is 0 Å². The van der Waals surface area contributed by atoms with E-state index >= 15 is 0 Å². The Kier molecular flexibility index (Phi) is 4.94. The van der Waals surface area contributed by atoms with Crippen LogP contribution in [0, 0.1) is 28.1 Å². The van der Waals surface area contributed by atoms with Crippen LogP contribution >= 0.6 is 0 Å². The van der Waals surface area contributed by atoms with E-state index in [1.165, 1.54) is 6.92 Å². The van der Waals surface area contributed by atoms with Gasteiger partial charge in [0.25, 0.3) is 0 Å². The highest BCUT2D eigenvalue weighted by molar-refractivity contribution is 6.13. The van der Waals surface area contributed by atoms with Crippen molar-refractivity contribution in [2.45, 2.75) is 27.7 Å². The fourth-order valence-electron chi connectivity index (χ4n) is 2.72. The van der Waals surface area contributed by atoms with Gasteiger partial charge in [0.1, 0.15) is 0 Å². The van der Waals surface area contributed by atoms with Crippen LogP contribution in [-0.2, 0) is 28.6 Å². The molecule has 2 unspecified atom stereocenters. The predicted octanol–water partition coefficient (Wildman–Crippen LogP) is 0.822. The van der Waals surface area contributed by atoms with Gasteiger partial charge in [-0.05, 0) is 20.8 Å². The summed E-state index contributed by atoms with van der Waals surface area (Å²) in [5.41, 5.74) is -3.83. The second-order valence-corrected chi connectivity index (χ2v) is 4.61. The van der Waals surface area contributed by atoms with Crippen molar-refractivity contribution in [3.63, 3.8) is 0 Å². The first kappa shape index (κ1) is 17.0. The molecule has 0 aromatic carbocycles. The van der Waals surface area contributed by atoms with Gasteiger partial charge in [-0.15, -0.1) is 0 Å². The van der Waals surface area contributed by atoms with Gasteiger partial charge in [0, 0.05) is 5.92 Å². The third-order valence-corrected chi connectivity index (χ3v) is 3.81. The molecule has 0 aromatic rings. The van der Waals surface area contributed by atoms with Crippen LogP contribution in [0.5, 0.6) is 0 Å². The molecule has 116 valence electrons. The van der Waals surface area contributed by atoms with E-state index in [1.54, 1.807) is 26.8 Å². The topological polar surface area (TPSA) is 103 Å². The van der Waals surface area contributed by atoms with Gasteiger partial charge in [-0.3, -0.25) is 14.4 Å². The van der Waals surface area contributed by atoms with Gasteiger partial charge in [0.05, 0.1) is 25.9 Å². The first-order valence-electron chi connectivity index (χ1n) is 6.84. The monoisotopic (exact) mass is 297 g/mol. The molecule has 1 saturated carbocycles. The lowest BCUT2D eigenvalue weighted by Gasteiger charge is -2.17. The molecule has 1 fully saturated rings. The van der Waals surface area contributed by atoms with Crippen LogP contribution in [0.4, 0.5) is 0 Å². The van der Waals surface area contributed by atoms with E-state index in [9.17, 15) is 19.6 Å². The van der Waals surface area contributed by atoms with Gasteiger partial charge in [-0.1, -0.05) is 6.92 Å². The van der Waals surface area contributed by atoms with Crippen LogP contribution in [0.25, 0.3) is 0 Å². The summed E-state index contributed by atoms with van der Waals surface area (Å²) in [5.74, 6) is -3.62. The first-order valence-corrected chi connectivity index (χ1v) is 6.84. The molecular formula is C14H19NO6. The van der Waals surface area contributed by atoms with Crippen molar-refractivity contribution in [3.05, 3.63) is 0 Å². The molecule has 2 atom stereocenters. The van der Waals surface area contributed by atoms with E-state index in [-0.39, 0.29) is 19.8 Å². The number of carbonyl (C=O) groups is 3. The highest BCUT2D eigenvalue weighted by Crippen LogP contribution is 2.70. The number of ether oxygens (including phenoxy) is 3. The summed E-state index contributed by atoms with van der Waals surface area (Å²) in [5, 5.41) is 9.43. The van der Waals surface area contributed by atoms with Crippen molar-refractivity contribution >= 4 is 17.9 Å². The van der Waals surface area contributed by atoms with Crippen molar-refractivity contribution in [3.8, 4) is 6.07 Å². The maximum atomic E-state index is 12.3. The quantitative estimate of drug-likeness (QED) is 0.406. The Morgan fingerprint density at radius 3 is 1.67 bits per heavy atom. The SMILES string of the molecule is CCOC(=O)C1(C#N)C(C)C1(C(=O)OCC)C(=O)OCC. The number of nitriles is 1. The summed E-state index contributed by atoms with van der Waals surface area (Å²) in [4.78, 5) is 36.7. The van der Waals surface area contributed by atoms with Gasteiger partial charge in [-0.25, -0.2) is 0 Å². The van der Waals surface area contributed by atoms with E-state index in [2.05, 4.69) is 0 Å². The lowest BCUT2D eigenvalue weighted by Crippen LogP contribution is -2.39. The van der Waals surface area contributed by atoms with E-state index in [1.807, 2.05) is 0 Å². The van der Waals surface area contributed by atoms with Gasteiger partial charge in [0.15, 0.2) is 10.8 Å². The van der Waals surface area contributed by atoms with Crippen molar-refractivity contribution in [1.29, 1.82) is 5.26 Å². The summed E-state index contributed by atoms with van der Waals surface area (Å²) in [7, 11) is 0. The zero-order chi connectivity index (χ0) is 16.3. The Bertz CT molecular complexity index is 476. The molecule has 1 aliphatic rings. The maximum absolute atomic E-state index is 12.3. The molecule has 7 heteroatoms. The maximum Gasteiger partial charge on any atom is 0.328 e. The Hall–Kier alpha value is -2.10. The van der Waals surface area contributed by atoms with E-state index in [4.69, 9.17) is 14.2 Å². The summed E-state index contributed by atoms with van der Waals surface area (Å²) in [6.07, 6.45) is 0. The minimum Gasteiger partial charge on any atom is -0.465 e. The van der Waals surface area contributed by atoms with Gasteiger partial charge >= 0.3 is 17.9 Å². The Balaban J connectivity index is 3.33. The minimum absolute atomic E-state index is 0.0248.